The van der Waals surface area contributed by atoms with Crippen LogP contribution in [0.3, 0.4) is 0 Å². The molecule has 0 atom stereocenters. The van der Waals surface area contributed by atoms with Gasteiger partial charge in [0.2, 0.25) is 0 Å². The molecule has 0 unspecified atom stereocenters. The molecule has 0 spiro atoms. The summed E-state index contributed by atoms with van der Waals surface area (Å²) in [6.07, 6.45) is 0. The average Bonchev–Trinajstić information content (AvgIpc) is 1.46. The van der Waals surface area contributed by atoms with Gasteiger partial charge in [-0.05, 0) is 0 Å². The van der Waals surface area contributed by atoms with Crippen LogP contribution in [-0.2, 0) is 4.18 Å². The van der Waals surface area contributed by atoms with E-state index in [2.05, 4.69) is 4.18 Å². The van der Waals surface area contributed by atoms with Crippen molar-refractivity contribution in [2.45, 2.75) is 0 Å². The van der Waals surface area contributed by atoms with Gasteiger partial charge in [0.05, 0.1) is 0 Å². The molecule has 4 heavy (non-hydrogen) atoms. The van der Waals surface area contributed by atoms with Crippen LogP contribution in [0.15, 0.2) is 0 Å². The quantitative estimate of drug-likeness (QED) is 0.233. The van der Waals surface area contributed by atoms with Crippen LogP contribution in [0.1, 0.15) is 0 Å². The summed E-state index contributed by atoms with van der Waals surface area (Å²) in [5.41, 5.74) is 0. The molecule has 0 radical (unpaired) electrons. The Morgan fingerprint density at radius 3 is 2.00 bits per heavy atom. The monoisotopic (exact) mass is 86.0 g/mol. The van der Waals surface area contributed by atoms with Crippen molar-refractivity contribution in [3.8, 4) is 0 Å². The Bertz CT molecular complexity index is 12.8. The molecule has 0 aromatic heterocycles. The first-order chi connectivity index (χ1) is 1.50. The van der Waals surface area contributed by atoms with E-state index in [0.29, 0.717) is 0 Å². The van der Waals surface area contributed by atoms with Gasteiger partial charge in [0.25, 0.3) is 0 Å². The molecular formula is CH3NaOS. The molecule has 0 N–H and O–H groups in total. The molecule has 3 heteroatoms. The van der Waals surface area contributed by atoms with Crippen molar-refractivity contribution in [3.63, 3.8) is 0 Å². The van der Waals surface area contributed by atoms with Crippen LogP contribution < -0.4 is 0 Å². The van der Waals surface area contributed by atoms with E-state index >= 15 is 0 Å². The summed E-state index contributed by atoms with van der Waals surface area (Å²) in [5, 5.41) is 0. The standard InChI is InChI=1S/CH2OS.Na.H/c1-2-3-1;;/h1H2;;. The molecule has 1 fully saturated rings. The van der Waals surface area contributed by atoms with E-state index in [1.165, 1.54) is 12.0 Å². The fourth-order valence-electron chi connectivity index (χ4n) is 0. The summed E-state index contributed by atoms with van der Waals surface area (Å²) in [6, 6.07) is 0. The number of hydrogen-bond donors (Lipinski definition) is 0. The van der Waals surface area contributed by atoms with Crippen LogP contribution >= 0.6 is 12.0 Å². The number of rotatable bonds is 0. The topological polar surface area (TPSA) is 12.5 Å². The van der Waals surface area contributed by atoms with E-state index in [-0.39, 0.29) is 29.6 Å². The van der Waals surface area contributed by atoms with Crippen molar-refractivity contribution >= 4 is 41.6 Å². The number of hydrogen-bond acceptors (Lipinski definition) is 2. The summed E-state index contributed by atoms with van der Waals surface area (Å²) in [5.74, 6) is 0.917. The molecule has 1 rings (SSSR count). The second kappa shape index (κ2) is 2.54. The molecule has 0 amide bonds. The molecule has 20 valence electrons. The van der Waals surface area contributed by atoms with E-state index in [0.717, 1.165) is 5.94 Å². The molecular weight excluding hydrogens is 83.1 g/mol. The Balaban J connectivity index is 0.0000000900. The van der Waals surface area contributed by atoms with Gasteiger partial charge in [-0.25, -0.2) is 0 Å². The molecule has 0 aromatic rings. The molecule has 0 bridgehead atoms. The maximum absolute atomic E-state index is 4.42. The minimum absolute atomic E-state index is 0. The van der Waals surface area contributed by atoms with Crippen LogP contribution in [0.25, 0.3) is 0 Å². The van der Waals surface area contributed by atoms with Gasteiger partial charge in [0.1, 0.15) is 5.94 Å². The summed E-state index contributed by atoms with van der Waals surface area (Å²) in [7, 11) is 0. The summed E-state index contributed by atoms with van der Waals surface area (Å²) >= 11 is 1.50. The summed E-state index contributed by atoms with van der Waals surface area (Å²) in [4.78, 5) is 0. The maximum atomic E-state index is 4.42. The van der Waals surface area contributed by atoms with E-state index < -0.39 is 0 Å². The van der Waals surface area contributed by atoms with Gasteiger partial charge < -0.3 is 0 Å². The summed E-state index contributed by atoms with van der Waals surface area (Å²) in [6.45, 7) is 0. The van der Waals surface area contributed by atoms with Crippen molar-refractivity contribution in [1.29, 1.82) is 0 Å². The third kappa shape index (κ3) is 3.31. The van der Waals surface area contributed by atoms with Gasteiger partial charge >= 0.3 is 29.6 Å². The SMILES string of the molecule is C1OS1.[NaH]. The molecule has 1 aliphatic heterocycles. The first kappa shape index (κ1) is 5.31. The van der Waals surface area contributed by atoms with Crippen molar-refractivity contribution in [2.24, 2.45) is 0 Å². The van der Waals surface area contributed by atoms with Crippen molar-refractivity contribution in [3.05, 3.63) is 0 Å². The predicted octanol–water partition coefficient (Wildman–Crippen LogP) is -0.0262. The Hall–Kier alpha value is 1.31. The zero-order chi connectivity index (χ0) is 2.12. The third-order valence-electron chi connectivity index (χ3n) is 0.118. The van der Waals surface area contributed by atoms with Gasteiger partial charge in [-0.3, -0.25) is 4.18 Å². The molecule has 1 saturated heterocycles. The van der Waals surface area contributed by atoms with Crippen LogP contribution in [-0.4, -0.2) is 35.5 Å². The molecule has 1 heterocycles. The van der Waals surface area contributed by atoms with E-state index in [1.54, 1.807) is 0 Å². The Kier molecular flexibility index (Phi) is 3.37. The van der Waals surface area contributed by atoms with Crippen LogP contribution in [0, 0.1) is 0 Å². The van der Waals surface area contributed by atoms with Gasteiger partial charge in [0.15, 0.2) is 0 Å². The first-order valence-electron chi connectivity index (χ1n) is 0.744. The predicted molar refractivity (Wildman–Crippen MR) is 20.7 cm³/mol. The normalized spacial score (nSPS) is 18.0. The van der Waals surface area contributed by atoms with E-state index in [4.69, 9.17) is 0 Å². The van der Waals surface area contributed by atoms with Crippen LogP contribution in [0.5, 0.6) is 0 Å². The second-order valence-electron chi connectivity index (χ2n) is 0.354. The summed E-state index contributed by atoms with van der Waals surface area (Å²) < 4.78 is 4.42. The van der Waals surface area contributed by atoms with Crippen LogP contribution in [0.2, 0.25) is 0 Å². The van der Waals surface area contributed by atoms with Crippen molar-refractivity contribution in [1.82, 2.24) is 0 Å². The Labute approximate surface area is 51.6 Å². The minimum atomic E-state index is 0. The second-order valence-corrected chi connectivity index (χ2v) is 1.06. The molecule has 1 nitrogen and oxygen atoms in total. The van der Waals surface area contributed by atoms with Gasteiger partial charge in [-0.2, -0.15) is 0 Å². The fourth-order valence-corrected chi connectivity index (χ4v) is 0. The molecule has 1 aliphatic rings. The molecule has 0 aliphatic carbocycles. The average molecular weight is 86.1 g/mol. The third-order valence-corrected chi connectivity index (χ3v) is 0.354. The van der Waals surface area contributed by atoms with Gasteiger partial charge in [0, 0.05) is 12.0 Å². The van der Waals surface area contributed by atoms with Crippen molar-refractivity contribution < 1.29 is 4.18 Å². The fraction of sp³-hybridized carbons (Fsp3) is 1.00. The van der Waals surface area contributed by atoms with Gasteiger partial charge in [-0.1, -0.05) is 0 Å². The molecule has 0 aromatic carbocycles. The zero-order valence-electron chi connectivity index (χ0n) is 1.52. The van der Waals surface area contributed by atoms with E-state index in [1.807, 2.05) is 0 Å². The zero-order valence-corrected chi connectivity index (χ0v) is 2.34. The van der Waals surface area contributed by atoms with Gasteiger partial charge in [-0.15, -0.1) is 0 Å². The van der Waals surface area contributed by atoms with Crippen molar-refractivity contribution in [2.75, 3.05) is 5.94 Å². The first-order valence-corrected chi connectivity index (χ1v) is 1.65. The molecule has 0 saturated carbocycles. The Morgan fingerprint density at radius 1 is 1.75 bits per heavy atom. The van der Waals surface area contributed by atoms with Crippen LogP contribution in [0.4, 0.5) is 0 Å². The Morgan fingerprint density at radius 2 is 2.00 bits per heavy atom. The van der Waals surface area contributed by atoms with E-state index in [9.17, 15) is 0 Å².